The van der Waals surface area contributed by atoms with Crippen LogP contribution in [0.25, 0.3) is 0 Å². The van der Waals surface area contributed by atoms with E-state index in [1.807, 2.05) is 5.38 Å². The first-order valence-corrected chi connectivity index (χ1v) is 6.16. The standard InChI is InChI=1S/C10H15N3O2S/c1-2-15-10(14)9-12-8(6-16-9)5-13-3-7(11)4-13/h6-7H,2-5,11H2,1H3. The van der Waals surface area contributed by atoms with Crippen LogP contribution in [0.5, 0.6) is 0 Å². The molecule has 0 unspecified atom stereocenters. The molecule has 1 aromatic rings. The predicted octanol–water partition coefficient (Wildman–Crippen LogP) is 0.463. The fourth-order valence-electron chi connectivity index (χ4n) is 1.63. The van der Waals surface area contributed by atoms with Gasteiger partial charge >= 0.3 is 5.97 Å². The maximum Gasteiger partial charge on any atom is 0.367 e. The van der Waals surface area contributed by atoms with Gasteiger partial charge in [-0.15, -0.1) is 11.3 Å². The van der Waals surface area contributed by atoms with Gasteiger partial charge in [0.2, 0.25) is 5.01 Å². The second-order valence-corrected chi connectivity index (χ2v) is 4.68. The van der Waals surface area contributed by atoms with Crippen molar-refractivity contribution in [3.63, 3.8) is 0 Å². The lowest BCUT2D eigenvalue weighted by Gasteiger charge is -2.36. The van der Waals surface area contributed by atoms with Gasteiger partial charge in [-0.3, -0.25) is 4.90 Å². The SMILES string of the molecule is CCOC(=O)c1nc(CN2CC(N)C2)cs1. The lowest BCUT2D eigenvalue weighted by molar-refractivity contribution is 0.0525. The second kappa shape index (κ2) is 4.90. The van der Waals surface area contributed by atoms with Crippen molar-refractivity contribution in [2.75, 3.05) is 19.7 Å². The minimum Gasteiger partial charge on any atom is -0.461 e. The van der Waals surface area contributed by atoms with E-state index in [4.69, 9.17) is 10.5 Å². The number of aromatic nitrogens is 1. The smallest absolute Gasteiger partial charge is 0.367 e. The normalized spacial score (nSPS) is 17.1. The Morgan fingerprint density at radius 3 is 3.12 bits per heavy atom. The van der Waals surface area contributed by atoms with Crippen LogP contribution in [0.4, 0.5) is 0 Å². The zero-order chi connectivity index (χ0) is 11.5. The van der Waals surface area contributed by atoms with Crippen LogP contribution in [0.3, 0.4) is 0 Å². The third-order valence-corrected chi connectivity index (χ3v) is 3.24. The highest BCUT2D eigenvalue weighted by atomic mass is 32.1. The van der Waals surface area contributed by atoms with Crippen LogP contribution in [0.15, 0.2) is 5.38 Å². The van der Waals surface area contributed by atoms with E-state index < -0.39 is 0 Å². The first-order valence-electron chi connectivity index (χ1n) is 5.28. The van der Waals surface area contributed by atoms with E-state index in [-0.39, 0.29) is 5.97 Å². The lowest BCUT2D eigenvalue weighted by atomic mass is 10.1. The third-order valence-electron chi connectivity index (χ3n) is 2.37. The molecule has 0 bridgehead atoms. The van der Waals surface area contributed by atoms with Crippen LogP contribution < -0.4 is 5.73 Å². The Kier molecular flexibility index (Phi) is 3.52. The number of hydrogen-bond donors (Lipinski definition) is 1. The van der Waals surface area contributed by atoms with Crippen LogP contribution in [0.2, 0.25) is 0 Å². The van der Waals surface area contributed by atoms with Gasteiger partial charge in [0, 0.05) is 31.1 Å². The molecule has 1 aliphatic rings. The Balaban J connectivity index is 1.89. The Labute approximate surface area is 98.2 Å². The van der Waals surface area contributed by atoms with Gasteiger partial charge in [0.25, 0.3) is 0 Å². The number of carbonyl (C=O) groups excluding carboxylic acids is 1. The number of nitrogens with zero attached hydrogens (tertiary/aromatic N) is 2. The number of likely N-dealkylation sites (tertiary alicyclic amines) is 1. The maximum atomic E-state index is 11.4. The average Bonchev–Trinajstić information content (AvgIpc) is 2.64. The van der Waals surface area contributed by atoms with Crippen LogP contribution in [-0.4, -0.2) is 41.6 Å². The molecule has 2 heterocycles. The number of carbonyl (C=O) groups is 1. The number of ether oxygens (including phenoxy) is 1. The molecule has 0 saturated carbocycles. The molecule has 88 valence electrons. The van der Waals surface area contributed by atoms with Gasteiger partial charge in [-0.1, -0.05) is 0 Å². The van der Waals surface area contributed by atoms with Crippen molar-refractivity contribution in [1.82, 2.24) is 9.88 Å². The van der Waals surface area contributed by atoms with Crippen LogP contribution in [-0.2, 0) is 11.3 Å². The molecular weight excluding hydrogens is 226 g/mol. The zero-order valence-corrected chi connectivity index (χ0v) is 10.00. The molecule has 0 spiro atoms. The molecule has 0 aromatic carbocycles. The molecule has 16 heavy (non-hydrogen) atoms. The summed E-state index contributed by atoms with van der Waals surface area (Å²) in [4.78, 5) is 17.8. The number of esters is 1. The van der Waals surface area contributed by atoms with Gasteiger partial charge in [0.15, 0.2) is 0 Å². The fraction of sp³-hybridized carbons (Fsp3) is 0.600. The summed E-state index contributed by atoms with van der Waals surface area (Å²) in [7, 11) is 0. The van der Waals surface area contributed by atoms with Crippen molar-refractivity contribution in [3.8, 4) is 0 Å². The fourth-order valence-corrected chi connectivity index (χ4v) is 2.33. The monoisotopic (exact) mass is 241 g/mol. The molecule has 1 aliphatic heterocycles. The van der Waals surface area contributed by atoms with Crippen molar-refractivity contribution in [1.29, 1.82) is 0 Å². The molecule has 1 saturated heterocycles. The van der Waals surface area contributed by atoms with Gasteiger partial charge in [0.05, 0.1) is 12.3 Å². The Morgan fingerprint density at radius 2 is 2.50 bits per heavy atom. The molecular formula is C10H15N3O2S. The second-order valence-electron chi connectivity index (χ2n) is 3.82. The summed E-state index contributed by atoms with van der Waals surface area (Å²) in [5, 5.41) is 2.33. The minimum absolute atomic E-state index is 0.295. The molecule has 0 radical (unpaired) electrons. The van der Waals surface area contributed by atoms with E-state index in [0.29, 0.717) is 17.7 Å². The Hall–Kier alpha value is -0.980. The number of hydrogen-bond acceptors (Lipinski definition) is 6. The molecule has 2 N–H and O–H groups in total. The highest BCUT2D eigenvalue weighted by Crippen LogP contribution is 2.15. The van der Waals surface area contributed by atoms with Crippen LogP contribution >= 0.6 is 11.3 Å². The number of nitrogens with two attached hydrogens (primary N) is 1. The van der Waals surface area contributed by atoms with Crippen molar-refractivity contribution in [2.24, 2.45) is 5.73 Å². The lowest BCUT2D eigenvalue weighted by Crippen LogP contribution is -2.54. The van der Waals surface area contributed by atoms with Gasteiger partial charge < -0.3 is 10.5 Å². The molecule has 5 nitrogen and oxygen atoms in total. The quantitative estimate of drug-likeness (QED) is 0.776. The highest BCUT2D eigenvalue weighted by Gasteiger charge is 2.23. The highest BCUT2D eigenvalue weighted by molar-refractivity contribution is 7.11. The van der Waals surface area contributed by atoms with Gasteiger partial charge in [-0.2, -0.15) is 0 Å². The molecule has 1 aromatic heterocycles. The summed E-state index contributed by atoms with van der Waals surface area (Å²) in [6, 6.07) is 0.295. The summed E-state index contributed by atoms with van der Waals surface area (Å²) in [5.74, 6) is -0.334. The zero-order valence-electron chi connectivity index (χ0n) is 9.18. The Morgan fingerprint density at radius 1 is 1.75 bits per heavy atom. The van der Waals surface area contributed by atoms with Crippen molar-refractivity contribution >= 4 is 17.3 Å². The average molecular weight is 241 g/mol. The van der Waals surface area contributed by atoms with E-state index >= 15 is 0 Å². The Bertz CT molecular complexity index is 374. The topological polar surface area (TPSA) is 68.5 Å². The van der Waals surface area contributed by atoms with E-state index in [2.05, 4.69) is 9.88 Å². The molecule has 1 fully saturated rings. The van der Waals surface area contributed by atoms with Crippen molar-refractivity contribution in [3.05, 3.63) is 16.1 Å². The number of thiazole rings is 1. The van der Waals surface area contributed by atoms with E-state index in [1.165, 1.54) is 11.3 Å². The summed E-state index contributed by atoms with van der Waals surface area (Å²) < 4.78 is 4.88. The largest absolute Gasteiger partial charge is 0.461 e. The predicted molar refractivity (Wildman–Crippen MR) is 61.3 cm³/mol. The molecule has 0 atom stereocenters. The molecule has 0 amide bonds. The van der Waals surface area contributed by atoms with E-state index in [9.17, 15) is 4.79 Å². The van der Waals surface area contributed by atoms with Crippen molar-refractivity contribution in [2.45, 2.75) is 19.5 Å². The third kappa shape index (κ3) is 2.58. The summed E-state index contributed by atoms with van der Waals surface area (Å²) >= 11 is 1.33. The van der Waals surface area contributed by atoms with Crippen molar-refractivity contribution < 1.29 is 9.53 Å². The van der Waals surface area contributed by atoms with Gasteiger partial charge in [0.1, 0.15) is 0 Å². The van der Waals surface area contributed by atoms with Gasteiger partial charge in [-0.05, 0) is 6.92 Å². The summed E-state index contributed by atoms with van der Waals surface area (Å²) in [5.41, 5.74) is 6.60. The molecule has 0 aliphatic carbocycles. The summed E-state index contributed by atoms with van der Waals surface area (Å²) in [6.07, 6.45) is 0. The van der Waals surface area contributed by atoms with Crippen LogP contribution in [0.1, 0.15) is 22.4 Å². The van der Waals surface area contributed by atoms with E-state index in [0.717, 1.165) is 25.3 Å². The first kappa shape index (κ1) is 11.5. The molecule has 6 heteroatoms. The summed E-state index contributed by atoms with van der Waals surface area (Å²) in [6.45, 7) is 4.75. The molecule has 2 rings (SSSR count). The van der Waals surface area contributed by atoms with E-state index in [1.54, 1.807) is 6.92 Å². The van der Waals surface area contributed by atoms with Crippen LogP contribution in [0, 0.1) is 0 Å². The first-order chi connectivity index (χ1) is 7.69. The minimum atomic E-state index is -0.334. The number of rotatable bonds is 4. The van der Waals surface area contributed by atoms with Gasteiger partial charge in [-0.25, -0.2) is 9.78 Å². The maximum absolute atomic E-state index is 11.4.